The fraction of sp³-hybridized carbons (Fsp3) is 0.200. The molecule has 1 N–H and O–H groups in total. The molecule has 78 valence electrons. The zero-order valence-electron chi connectivity index (χ0n) is 8.19. The average molecular weight is 206 g/mol. The lowest BCUT2D eigenvalue weighted by Crippen LogP contribution is -2.11. The van der Waals surface area contributed by atoms with Crippen molar-refractivity contribution in [2.45, 2.75) is 6.54 Å². The Balaban J connectivity index is 2.50. The number of methoxy groups -OCH3 is 1. The van der Waals surface area contributed by atoms with Crippen LogP contribution in [-0.2, 0) is 16.1 Å². The van der Waals surface area contributed by atoms with E-state index in [-0.39, 0.29) is 18.1 Å². The number of ether oxygens (including phenoxy) is 1. The molecule has 0 amide bonds. The minimum absolute atomic E-state index is 0.115. The Morgan fingerprint density at radius 3 is 3.07 bits per heavy atom. The first-order chi connectivity index (χ1) is 7.22. The van der Waals surface area contributed by atoms with Gasteiger partial charge in [0.25, 0.3) is 5.56 Å². The molecule has 5 heteroatoms. The highest BCUT2D eigenvalue weighted by Gasteiger charge is 2.07. The normalized spacial score (nSPS) is 10.5. The average Bonchev–Trinajstić information content (AvgIpc) is 2.63. The van der Waals surface area contributed by atoms with Crippen LogP contribution < -0.4 is 5.56 Å². The van der Waals surface area contributed by atoms with Gasteiger partial charge in [0.2, 0.25) is 0 Å². The maximum Gasteiger partial charge on any atom is 0.325 e. The lowest BCUT2D eigenvalue weighted by atomic mass is 10.3. The molecule has 15 heavy (non-hydrogen) atoms. The van der Waals surface area contributed by atoms with Crippen molar-refractivity contribution in [2.75, 3.05) is 7.11 Å². The fourth-order valence-corrected chi connectivity index (χ4v) is 1.48. The van der Waals surface area contributed by atoms with Crippen LogP contribution in [0.4, 0.5) is 0 Å². The van der Waals surface area contributed by atoms with Crippen molar-refractivity contribution in [2.24, 2.45) is 0 Å². The summed E-state index contributed by atoms with van der Waals surface area (Å²) in [6.07, 6.45) is 3.25. The molecule has 0 aliphatic rings. The smallest absolute Gasteiger partial charge is 0.325 e. The topological polar surface area (TPSA) is 64.1 Å². The molecule has 0 aliphatic heterocycles. The number of carbonyl (C=O) groups excluding carboxylic acids is 1. The molecule has 0 atom stereocenters. The molecular weight excluding hydrogens is 196 g/mol. The highest BCUT2D eigenvalue weighted by atomic mass is 16.5. The van der Waals surface area contributed by atoms with E-state index in [0.717, 1.165) is 5.52 Å². The van der Waals surface area contributed by atoms with Crippen LogP contribution in [0.25, 0.3) is 10.9 Å². The van der Waals surface area contributed by atoms with E-state index in [1.165, 1.54) is 7.11 Å². The summed E-state index contributed by atoms with van der Waals surface area (Å²) in [4.78, 5) is 25.0. The second-order valence-corrected chi connectivity index (χ2v) is 3.13. The molecular formula is C10H10N2O3. The van der Waals surface area contributed by atoms with Gasteiger partial charge in [-0.3, -0.25) is 9.59 Å². The van der Waals surface area contributed by atoms with Crippen molar-refractivity contribution in [3.8, 4) is 0 Å². The molecule has 0 spiro atoms. The van der Waals surface area contributed by atoms with Gasteiger partial charge in [0.1, 0.15) is 6.54 Å². The standard InChI is InChI=1S/C10H10N2O3/c1-15-9(13)6-12-5-3-7-8(12)2-4-11-10(7)14/h2-5H,6H2,1H3,(H,11,14). The van der Waals surface area contributed by atoms with Gasteiger partial charge >= 0.3 is 5.97 Å². The summed E-state index contributed by atoms with van der Waals surface area (Å²) in [5.74, 6) is -0.340. The van der Waals surface area contributed by atoms with Gasteiger partial charge in [-0.2, -0.15) is 0 Å². The zero-order chi connectivity index (χ0) is 10.8. The van der Waals surface area contributed by atoms with E-state index in [2.05, 4.69) is 9.72 Å². The fourth-order valence-electron chi connectivity index (χ4n) is 1.48. The van der Waals surface area contributed by atoms with Crippen molar-refractivity contribution < 1.29 is 9.53 Å². The molecule has 2 aromatic heterocycles. The predicted octanol–water partition coefficient (Wildman–Crippen LogP) is 0.503. The monoisotopic (exact) mass is 206 g/mol. The van der Waals surface area contributed by atoms with Gasteiger partial charge in [-0.15, -0.1) is 0 Å². The molecule has 0 aromatic carbocycles. The summed E-state index contributed by atoms with van der Waals surface area (Å²) in [7, 11) is 1.33. The number of rotatable bonds is 2. The third-order valence-corrected chi connectivity index (χ3v) is 2.23. The Morgan fingerprint density at radius 2 is 2.33 bits per heavy atom. The van der Waals surface area contributed by atoms with Crippen LogP contribution in [0.2, 0.25) is 0 Å². The highest BCUT2D eigenvalue weighted by Crippen LogP contribution is 2.10. The minimum Gasteiger partial charge on any atom is -0.468 e. The van der Waals surface area contributed by atoms with Crippen LogP contribution in [0.1, 0.15) is 0 Å². The van der Waals surface area contributed by atoms with Gasteiger partial charge in [-0.25, -0.2) is 0 Å². The van der Waals surface area contributed by atoms with Crippen molar-refractivity contribution in [3.63, 3.8) is 0 Å². The molecule has 0 radical (unpaired) electrons. The molecule has 0 bridgehead atoms. The summed E-state index contributed by atoms with van der Waals surface area (Å²) in [6.45, 7) is 0.115. The van der Waals surface area contributed by atoms with E-state index in [9.17, 15) is 9.59 Å². The van der Waals surface area contributed by atoms with Crippen LogP contribution in [-0.4, -0.2) is 22.6 Å². The molecule has 2 aromatic rings. The van der Waals surface area contributed by atoms with E-state index in [4.69, 9.17) is 0 Å². The maximum atomic E-state index is 11.4. The van der Waals surface area contributed by atoms with Gasteiger partial charge in [0, 0.05) is 12.4 Å². The number of esters is 1. The number of aromatic amines is 1. The Bertz CT molecular complexity index is 553. The Hall–Kier alpha value is -2.04. The summed E-state index contributed by atoms with van der Waals surface area (Å²) in [5, 5.41) is 0.571. The highest BCUT2D eigenvalue weighted by molar-refractivity contribution is 5.80. The molecule has 2 heterocycles. The molecule has 0 saturated carbocycles. The summed E-state index contributed by atoms with van der Waals surface area (Å²) >= 11 is 0. The first kappa shape index (κ1) is 9.51. The lowest BCUT2D eigenvalue weighted by Gasteiger charge is -2.02. The maximum absolute atomic E-state index is 11.4. The van der Waals surface area contributed by atoms with E-state index in [0.29, 0.717) is 5.39 Å². The molecule has 0 aliphatic carbocycles. The van der Waals surface area contributed by atoms with Crippen LogP contribution in [0.3, 0.4) is 0 Å². The summed E-state index contributed by atoms with van der Waals surface area (Å²) in [5.41, 5.74) is 0.570. The number of nitrogens with zero attached hydrogens (tertiary/aromatic N) is 1. The number of carbonyl (C=O) groups is 1. The summed E-state index contributed by atoms with van der Waals surface area (Å²) < 4.78 is 6.23. The lowest BCUT2D eigenvalue weighted by molar-refractivity contribution is -0.141. The van der Waals surface area contributed by atoms with E-state index in [1.807, 2.05) is 0 Å². The second-order valence-electron chi connectivity index (χ2n) is 3.13. The van der Waals surface area contributed by atoms with Crippen molar-refractivity contribution in [1.82, 2.24) is 9.55 Å². The van der Waals surface area contributed by atoms with E-state index in [1.54, 1.807) is 29.1 Å². The van der Waals surface area contributed by atoms with E-state index < -0.39 is 0 Å². The second kappa shape index (κ2) is 3.61. The number of hydrogen-bond acceptors (Lipinski definition) is 3. The van der Waals surface area contributed by atoms with Crippen LogP contribution in [0, 0.1) is 0 Å². The van der Waals surface area contributed by atoms with Crippen LogP contribution in [0.15, 0.2) is 29.3 Å². The molecule has 2 rings (SSSR count). The van der Waals surface area contributed by atoms with Crippen molar-refractivity contribution in [1.29, 1.82) is 0 Å². The van der Waals surface area contributed by atoms with Gasteiger partial charge in [-0.05, 0) is 12.1 Å². The first-order valence-electron chi connectivity index (χ1n) is 4.45. The quantitative estimate of drug-likeness (QED) is 0.728. The molecule has 0 unspecified atom stereocenters. The number of H-pyrrole nitrogens is 1. The van der Waals surface area contributed by atoms with Gasteiger partial charge in [0.15, 0.2) is 0 Å². The summed E-state index contributed by atoms with van der Waals surface area (Å²) in [6, 6.07) is 3.43. The SMILES string of the molecule is COC(=O)Cn1ccc2c(=O)[nH]ccc21. The van der Waals surface area contributed by atoms with Crippen LogP contribution in [0.5, 0.6) is 0 Å². The van der Waals surface area contributed by atoms with Gasteiger partial charge in [-0.1, -0.05) is 0 Å². The van der Waals surface area contributed by atoms with Crippen molar-refractivity contribution in [3.05, 3.63) is 34.9 Å². The zero-order valence-corrected chi connectivity index (χ0v) is 8.19. The third-order valence-electron chi connectivity index (χ3n) is 2.23. The Morgan fingerprint density at radius 1 is 1.53 bits per heavy atom. The number of hydrogen-bond donors (Lipinski definition) is 1. The van der Waals surface area contributed by atoms with Gasteiger partial charge < -0.3 is 14.3 Å². The van der Waals surface area contributed by atoms with Gasteiger partial charge in [0.05, 0.1) is 18.0 Å². The van der Waals surface area contributed by atoms with Crippen molar-refractivity contribution >= 4 is 16.9 Å². The van der Waals surface area contributed by atoms with E-state index >= 15 is 0 Å². The molecule has 5 nitrogen and oxygen atoms in total. The minimum atomic E-state index is -0.340. The largest absolute Gasteiger partial charge is 0.468 e. The predicted molar refractivity (Wildman–Crippen MR) is 54.6 cm³/mol. The number of fused-ring (bicyclic) bond motifs is 1. The molecule has 0 fully saturated rings. The first-order valence-corrected chi connectivity index (χ1v) is 4.45. The number of nitrogens with one attached hydrogen (secondary N) is 1. The number of pyridine rings is 1. The van der Waals surface area contributed by atoms with Crippen LogP contribution >= 0.6 is 0 Å². The number of aromatic nitrogens is 2. The third kappa shape index (κ3) is 1.63. The molecule has 0 saturated heterocycles. The Labute approximate surface area is 85.3 Å². The Kier molecular flexibility index (Phi) is 2.29.